The molecule has 24 heavy (non-hydrogen) atoms. The minimum atomic E-state index is 0.651. The zero-order valence-electron chi connectivity index (χ0n) is 12.9. The molecule has 0 radical (unpaired) electrons. The molecule has 0 saturated carbocycles. The Bertz CT molecular complexity index is 1030. The summed E-state index contributed by atoms with van der Waals surface area (Å²) in [6.45, 7) is 0. The Hall–Kier alpha value is -2.84. The zero-order chi connectivity index (χ0) is 16.4. The maximum Gasteiger partial charge on any atom is 0.0816 e. The van der Waals surface area contributed by atoms with Crippen molar-refractivity contribution < 1.29 is 0 Å². The van der Waals surface area contributed by atoms with Gasteiger partial charge in [-0.25, -0.2) is 0 Å². The van der Waals surface area contributed by atoms with Crippen LogP contribution in [0.25, 0.3) is 16.5 Å². The van der Waals surface area contributed by atoms with Crippen LogP contribution in [0, 0.1) is 0 Å². The van der Waals surface area contributed by atoms with E-state index in [0.717, 1.165) is 17.1 Å². The number of aliphatic imine (C=N–C) groups is 1. The Morgan fingerprint density at radius 2 is 1.58 bits per heavy atom. The summed E-state index contributed by atoms with van der Waals surface area (Å²) in [6.07, 6.45) is 3.88. The fraction of sp³-hybridized carbons (Fsp3) is 0. The van der Waals surface area contributed by atoms with Gasteiger partial charge in [0.05, 0.1) is 22.6 Å². The lowest BCUT2D eigenvalue weighted by Gasteiger charge is -2.08. The fourth-order valence-electron chi connectivity index (χ4n) is 2.75. The molecule has 2 nitrogen and oxygen atoms in total. The summed E-state index contributed by atoms with van der Waals surface area (Å²) in [7, 11) is 0. The Kier molecular flexibility index (Phi) is 3.89. The molecule has 0 aliphatic rings. The lowest BCUT2D eigenvalue weighted by Crippen LogP contribution is -1.97. The normalized spacial score (nSPS) is 11.4. The van der Waals surface area contributed by atoms with E-state index in [1.165, 1.54) is 10.8 Å². The number of hydrogen-bond acceptors (Lipinski definition) is 1. The fourth-order valence-corrected chi connectivity index (χ4v) is 2.94. The van der Waals surface area contributed by atoms with Crippen LogP contribution in [0.4, 0.5) is 5.69 Å². The molecule has 0 amide bonds. The maximum atomic E-state index is 6.17. The molecule has 1 heterocycles. The molecule has 0 saturated heterocycles. The molecule has 4 rings (SSSR count). The van der Waals surface area contributed by atoms with Crippen LogP contribution < -0.4 is 0 Å². The van der Waals surface area contributed by atoms with Gasteiger partial charge in [-0.1, -0.05) is 54.1 Å². The number of hydrogen-bond donors (Lipinski definition) is 0. The lowest BCUT2D eigenvalue weighted by atomic mass is 10.1. The van der Waals surface area contributed by atoms with Gasteiger partial charge in [0.2, 0.25) is 0 Å². The zero-order valence-corrected chi connectivity index (χ0v) is 13.7. The third-order valence-electron chi connectivity index (χ3n) is 3.98. The van der Waals surface area contributed by atoms with Crippen molar-refractivity contribution in [2.75, 3.05) is 0 Å². The topological polar surface area (TPSA) is 17.3 Å². The molecular formula is C21H15ClN2. The smallest absolute Gasteiger partial charge is 0.0816 e. The van der Waals surface area contributed by atoms with Crippen LogP contribution in [0.15, 0.2) is 90.1 Å². The molecule has 0 bridgehead atoms. The second-order valence-corrected chi connectivity index (χ2v) is 5.95. The van der Waals surface area contributed by atoms with Gasteiger partial charge in [-0.15, -0.1) is 0 Å². The summed E-state index contributed by atoms with van der Waals surface area (Å²) in [4.78, 5) is 4.52. The van der Waals surface area contributed by atoms with Crippen molar-refractivity contribution in [3.8, 4) is 5.69 Å². The highest BCUT2D eigenvalue weighted by molar-refractivity contribution is 6.33. The molecule has 4 aromatic rings. The predicted octanol–water partition coefficient (Wildman–Crippen LogP) is 6.03. The number of fused-ring (bicyclic) bond motifs is 1. The Morgan fingerprint density at radius 1 is 0.792 bits per heavy atom. The van der Waals surface area contributed by atoms with E-state index in [4.69, 9.17) is 11.6 Å². The van der Waals surface area contributed by atoms with E-state index in [1.807, 2.05) is 48.8 Å². The Labute approximate surface area is 145 Å². The highest BCUT2D eigenvalue weighted by atomic mass is 35.5. The minimum Gasteiger partial charge on any atom is -0.316 e. The summed E-state index contributed by atoms with van der Waals surface area (Å²) < 4.78 is 2.12. The van der Waals surface area contributed by atoms with Gasteiger partial charge in [-0.05, 0) is 47.2 Å². The molecule has 1 aromatic heterocycles. The van der Waals surface area contributed by atoms with E-state index in [2.05, 4.69) is 52.0 Å². The van der Waals surface area contributed by atoms with Crippen molar-refractivity contribution in [2.45, 2.75) is 0 Å². The van der Waals surface area contributed by atoms with Gasteiger partial charge < -0.3 is 4.57 Å². The molecule has 3 heteroatoms. The van der Waals surface area contributed by atoms with Crippen molar-refractivity contribution in [3.05, 3.63) is 95.8 Å². The van der Waals surface area contributed by atoms with Crippen LogP contribution in [0.5, 0.6) is 0 Å². The largest absolute Gasteiger partial charge is 0.316 e. The first-order valence-corrected chi connectivity index (χ1v) is 8.14. The molecule has 0 spiro atoms. The molecule has 0 unspecified atom stereocenters. The molecule has 0 aliphatic heterocycles. The van der Waals surface area contributed by atoms with Crippen molar-refractivity contribution in [1.29, 1.82) is 0 Å². The van der Waals surface area contributed by atoms with Crippen LogP contribution in [-0.2, 0) is 0 Å². The molecule has 116 valence electrons. The van der Waals surface area contributed by atoms with E-state index >= 15 is 0 Å². The van der Waals surface area contributed by atoms with Crippen molar-refractivity contribution in [3.63, 3.8) is 0 Å². The third-order valence-corrected chi connectivity index (χ3v) is 4.30. The van der Waals surface area contributed by atoms with E-state index < -0.39 is 0 Å². The number of benzene rings is 3. The summed E-state index contributed by atoms with van der Waals surface area (Å²) >= 11 is 6.17. The van der Waals surface area contributed by atoms with Gasteiger partial charge in [0, 0.05) is 11.9 Å². The van der Waals surface area contributed by atoms with Gasteiger partial charge >= 0.3 is 0 Å². The number of aromatic nitrogens is 1. The second-order valence-electron chi connectivity index (χ2n) is 5.54. The average molecular weight is 331 g/mol. The van der Waals surface area contributed by atoms with Crippen molar-refractivity contribution >= 4 is 34.3 Å². The quantitative estimate of drug-likeness (QED) is 0.408. The first-order chi connectivity index (χ1) is 11.8. The Morgan fingerprint density at radius 3 is 2.46 bits per heavy atom. The monoisotopic (exact) mass is 330 g/mol. The van der Waals surface area contributed by atoms with Crippen molar-refractivity contribution in [2.24, 2.45) is 4.99 Å². The molecule has 0 N–H and O–H groups in total. The standard InChI is InChI=1S/C21H15ClN2/c22-20-9-3-4-10-21(20)23-15-19-8-5-13-24(19)18-12-11-16-6-1-2-7-17(16)14-18/h1-15H. The van der Waals surface area contributed by atoms with E-state index in [-0.39, 0.29) is 0 Å². The average Bonchev–Trinajstić information content (AvgIpc) is 3.09. The van der Waals surface area contributed by atoms with E-state index in [9.17, 15) is 0 Å². The second kappa shape index (κ2) is 6.34. The SMILES string of the molecule is Clc1ccccc1N=Cc1cccn1-c1ccc2ccccc2c1. The van der Waals surface area contributed by atoms with Crippen molar-refractivity contribution in [1.82, 2.24) is 4.57 Å². The maximum absolute atomic E-state index is 6.17. The van der Waals surface area contributed by atoms with Crippen LogP contribution in [0.1, 0.15) is 5.69 Å². The van der Waals surface area contributed by atoms with Crippen LogP contribution in [0.3, 0.4) is 0 Å². The first-order valence-electron chi connectivity index (χ1n) is 7.76. The minimum absolute atomic E-state index is 0.651. The molecular weight excluding hydrogens is 316 g/mol. The summed E-state index contributed by atoms with van der Waals surface area (Å²) in [5, 5.41) is 3.11. The van der Waals surface area contributed by atoms with E-state index in [0.29, 0.717) is 5.02 Å². The van der Waals surface area contributed by atoms with E-state index in [1.54, 1.807) is 0 Å². The van der Waals surface area contributed by atoms with Gasteiger partial charge in [0.1, 0.15) is 0 Å². The molecule has 0 atom stereocenters. The van der Waals surface area contributed by atoms with Gasteiger partial charge in [-0.2, -0.15) is 0 Å². The number of rotatable bonds is 3. The first kappa shape index (κ1) is 14.7. The summed E-state index contributed by atoms with van der Waals surface area (Å²) in [6, 6.07) is 26.4. The van der Waals surface area contributed by atoms with Gasteiger partial charge in [0.25, 0.3) is 0 Å². The number of para-hydroxylation sites is 1. The molecule has 3 aromatic carbocycles. The highest BCUT2D eigenvalue weighted by Gasteiger charge is 2.03. The third kappa shape index (κ3) is 2.84. The number of nitrogens with zero attached hydrogens (tertiary/aromatic N) is 2. The summed E-state index contributed by atoms with van der Waals surface area (Å²) in [5.41, 5.74) is 2.88. The van der Waals surface area contributed by atoms with Crippen LogP contribution in [0.2, 0.25) is 5.02 Å². The van der Waals surface area contributed by atoms with Gasteiger partial charge in [-0.3, -0.25) is 4.99 Å². The van der Waals surface area contributed by atoms with Crippen LogP contribution in [-0.4, -0.2) is 10.8 Å². The van der Waals surface area contributed by atoms with Crippen LogP contribution >= 0.6 is 11.6 Å². The Balaban J connectivity index is 1.72. The summed E-state index contributed by atoms with van der Waals surface area (Å²) in [5.74, 6) is 0. The highest BCUT2D eigenvalue weighted by Crippen LogP contribution is 2.24. The molecule has 0 fully saturated rings. The predicted molar refractivity (Wildman–Crippen MR) is 102 cm³/mol. The number of halogens is 1. The van der Waals surface area contributed by atoms with Gasteiger partial charge in [0.15, 0.2) is 0 Å². The lowest BCUT2D eigenvalue weighted by molar-refractivity contribution is 1.07. The molecule has 0 aliphatic carbocycles.